The molecule has 2 N–H and O–H groups in total. The Morgan fingerprint density at radius 3 is 0.731 bits per heavy atom. The fraction of sp³-hybridized carbons (Fsp3) is 0.915. The lowest BCUT2D eigenvalue weighted by Gasteiger charge is -2.22. The average molecular weight is 1530 g/mol. The van der Waals surface area contributed by atoms with Crippen molar-refractivity contribution in [1.29, 1.82) is 0 Å². The summed E-state index contributed by atoms with van der Waals surface area (Å²) in [5.41, 5.74) is 0. The Bertz CT molecular complexity index is 1850. The van der Waals surface area contributed by atoms with E-state index >= 15 is 0 Å². The van der Waals surface area contributed by atoms with Crippen molar-refractivity contribution in [2.24, 2.45) is 11.8 Å². The molecule has 108 heavy (non-hydrogen) atoms. The first-order chi connectivity index (χ1) is 52.8. The van der Waals surface area contributed by atoms with Crippen molar-refractivity contribution in [2.75, 3.05) is 65.6 Å². The van der Waals surface area contributed by atoms with Crippen LogP contribution in [0.5, 0.6) is 0 Å². The molecule has 0 saturated heterocycles. The lowest BCUT2D eigenvalue weighted by molar-refractivity contribution is -0.151. The Morgan fingerprint density at radius 1 is 0.259 bits per heavy atom. The van der Waals surface area contributed by atoms with Crippen LogP contribution in [-0.2, 0) is 47.7 Å². The molecule has 0 aliphatic rings. The lowest BCUT2D eigenvalue weighted by Crippen LogP contribution is -2.36. The lowest BCUT2D eigenvalue weighted by atomic mass is 10.0. The van der Waals surface area contributed by atoms with Crippen LogP contribution in [0.1, 0.15) is 466 Å². The van der Waals surface area contributed by atoms with Gasteiger partial charge in [-0.2, -0.15) is 0 Å². The minimum absolute atomic E-state index is 0.0240. The monoisotopic (exact) mass is 1530 g/mol. The smallest absolute Gasteiger partial charge is 0.306 e. The Kier molecular flexibility index (Phi) is 80.2. The van der Waals surface area contributed by atoms with E-state index in [-0.39, 0.29) is 47.9 Å². The summed E-state index contributed by atoms with van der Waals surface area (Å²) in [5.74, 6) is 0.0726. The molecule has 0 aromatic heterocycles. The second-order valence-corrected chi connectivity index (χ2v) is 33.1. The third-order valence-electron chi connectivity index (χ3n) is 22.0. The van der Waals surface area contributed by atoms with Crippen LogP contribution in [0.3, 0.4) is 0 Å². The van der Waals surface area contributed by atoms with Crippen LogP contribution in [0.15, 0.2) is 12.2 Å². The van der Waals surface area contributed by atoms with Crippen molar-refractivity contribution >= 4 is 35.7 Å². The first-order valence-electron chi connectivity index (χ1n) is 47.2. The molecule has 0 heterocycles. The fourth-order valence-corrected chi connectivity index (χ4v) is 14.8. The Morgan fingerprint density at radius 2 is 0.472 bits per heavy atom. The van der Waals surface area contributed by atoms with Gasteiger partial charge in [0, 0.05) is 64.0 Å². The molecular weight excluding hydrogens is 1350 g/mol. The fourth-order valence-electron chi connectivity index (χ4n) is 14.8. The number of nitrogens with zero attached hydrogens (tertiary/aromatic N) is 2. The van der Waals surface area contributed by atoms with E-state index < -0.39 is 0 Å². The van der Waals surface area contributed by atoms with Crippen LogP contribution in [0, 0.1) is 11.8 Å². The molecule has 0 fully saturated rings. The summed E-state index contributed by atoms with van der Waals surface area (Å²) in [4.78, 5) is 82.6. The summed E-state index contributed by atoms with van der Waals surface area (Å²) < 4.78 is 23.6. The maximum Gasteiger partial charge on any atom is 0.306 e. The number of hydrogen-bond donors (Lipinski definition) is 2. The Labute approximate surface area is 668 Å². The number of hydrogen-bond acceptors (Lipinski definition) is 12. The summed E-state index contributed by atoms with van der Waals surface area (Å²) >= 11 is 0. The minimum Gasteiger partial charge on any atom is -0.465 e. The van der Waals surface area contributed by atoms with Crippen molar-refractivity contribution in [1.82, 2.24) is 20.4 Å². The first kappa shape index (κ1) is 104. The highest BCUT2D eigenvalue weighted by Crippen LogP contribution is 2.23. The number of carbonyl (C=O) groups excluding carboxylic acids is 6. The molecule has 0 aromatic rings. The maximum atomic E-state index is 13.2. The minimum atomic E-state index is -0.278. The van der Waals surface area contributed by atoms with E-state index in [0.717, 1.165) is 232 Å². The standard InChI is InChI=1S/C94H180N4O10/c1-9-15-21-27-37-51-65-87(66-52-38-28-22-16-10-2)107-93(103)71-57-43-33-47-61-79-97(77-59-45-31-41-55-69-91(101)105-83-85(7)63-49-35-25-19-13-5)81-75-95-89(99)73-74-90(100)96-76-82-98(78-60-46-32-42-56-70-92(102)106-84-86(8)64-50-36-26-20-14-6)80-62-48-34-44-58-72-94(104)108-88(67-53-39-29-23-17-11-3)68-54-40-30-24-18-12-4/h73-74,85-88H,9-72,75-84H2,1-8H3,(H,95,99)(H,96,100)/b74-73+. The number of carbonyl (C=O) groups is 6. The molecule has 0 rings (SSSR count). The maximum absolute atomic E-state index is 13.2. The zero-order chi connectivity index (χ0) is 78.9. The highest BCUT2D eigenvalue weighted by molar-refractivity contribution is 5.96. The summed E-state index contributed by atoms with van der Waals surface area (Å²) in [7, 11) is 0. The molecule has 2 unspecified atom stereocenters. The largest absolute Gasteiger partial charge is 0.465 e. The van der Waals surface area contributed by atoms with Gasteiger partial charge < -0.3 is 39.4 Å². The van der Waals surface area contributed by atoms with Crippen molar-refractivity contribution in [3.05, 3.63) is 12.2 Å². The van der Waals surface area contributed by atoms with Crippen molar-refractivity contribution in [3.63, 3.8) is 0 Å². The molecule has 0 saturated carbocycles. The van der Waals surface area contributed by atoms with Crippen molar-refractivity contribution in [2.45, 2.75) is 479 Å². The van der Waals surface area contributed by atoms with Crippen LogP contribution in [-0.4, -0.2) is 123 Å². The predicted octanol–water partition coefficient (Wildman–Crippen LogP) is 25.6. The summed E-state index contributed by atoms with van der Waals surface area (Å²) in [6, 6.07) is 0. The molecule has 0 bridgehead atoms. The van der Waals surface area contributed by atoms with E-state index in [1.54, 1.807) is 0 Å². The summed E-state index contributed by atoms with van der Waals surface area (Å²) in [6.45, 7) is 25.1. The van der Waals surface area contributed by atoms with Crippen LogP contribution >= 0.6 is 0 Å². The van der Waals surface area contributed by atoms with Crippen LogP contribution in [0.4, 0.5) is 0 Å². The SMILES string of the molecule is CCCCCCCCC(CCCCCCCC)OC(=O)CCCCCCCN(CCCCCCCC(=O)OCC(C)CCCCCCC)CCNC(=O)/C=C/C(=O)NCCN(CCCCCCCC(=O)OCC(C)CCCCCCC)CCCCCCCC(=O)OC(CCCCCCCC)CCCCCCCC. The van der Waals surface area contributed by atoms with E-state index in [1.807, 2.05) is 0 Å². The van der Waals surface area contributed by atoms with Gasteiger partial charge in [0.2, 0.25) is 11.8 Å². The normalized spacial score (nSPS) is 12.3. The molecule has 0 radical (unpaired) electrons. The van der Waals surface area contributed by atoms with Crippen LogP contribution < -0.4 is 10.6 Å². The third kappa shape index (κ3) is 76.5. The van der Waals surface area contributed by atoms with Gasteiger partial charge in [0.25, 0.3) is 0 Å². The molecule has 14 nitrogen and oxygen atoms in total. The van der Waals surface area contributed by atoms with Gasteiger partial charge in [-0.05, 0) is 154 Å². The third-order valence-corrected chi connectivity index (χ3v) is 22.0. The van der Waals surface area contributed by atoms with Crippen LogP contribution in [0.25, 0.3) is 0 Å². The van der Waals surface area contributed by atoms with Gasteiger partial charge in [-0.25, -0.2) is 0 Å². The topological polar surface area (TPSA) is 170 Å². The summed E-state index contributed by atoms with van der Waals surface area (Å²) in [6.07, 6.45) is 73.9. The van der Waals surface area contributed by atoms with E-state index in [9.17, 15) is 28.8 Å². The molecule has 0 spiro atoms. The second kappa shape index (κ2) is 82.9. The number of rotatable bonds is 86. The molecule has 636 valence electrons. The average Bonchev–Trinajstić information content (AvgIpc) is 1.04. The second-order valence-electron chi connectivity index (χ2n) is 33.1. The van der Waals surface area contributed by atoms with Gasteiger partial charge in [0.05, 0.1) is 13.2 Å². The van der Waals surface area contributed by atoms with E-state index in [4.69, 9.17) is 18.9 Å². The number of nitrogens with one attached hydrogen (secondary N) is 2. The number of esters is 4. The van der Waals surface area contributed by atoms with Gasteiger partial charge >= 0.3 is 23.9 Å². The molecular formula is C94H180N4O10. The number of amides is 2. The van der Waals surface area contributed by atoms with Gasteiger partial charge in [-0.1, -0.05) is 325 Å². The van der Waals surface area contributed by atoms with Gasteiger partial charge in [0.1, 0.15) is 12.2 Å². The molecule has 2 atom stereocenters. The highest BCUT2D eigenvalue weighted by atomic mass is 16.6. The summed E-state index contributed by atoms with van der Waals surface area (Å²) in [5, 5.41) is 6.10. The molecule has 0 aromatic carbocycles. The molecule has 0 aliphatic heterocycles. The van der Waals surface area contributed by atoms with E-state index in [1.165, 1.54) is 205 Å². The predicted molar refractivity (Wildman–Crippen MR) is 458 cm³/mol. The van der Waals surface area contributed by atoms with E-state index in [0.29, 0.717) is 63.8 Å². The first-order valence-corrected chi connectivity index (χ1v) is 47.2. The highest BCUT2D eigenvalue weighted by Gasteiger charge is 2.18. The molecule has 2 amide bonds. The zero-order valence-electron chi connectivity index (χ0n) is 72.8. The Balaban J connectivity index is 5.50. The van der Waals surface area contributed by atoms with Crippen molar-refractivity contribution in [3.8, 4) is 0 Å². The Hall–Kier alpha value is -3.52. The quantitative estimate of drug-likeness (QED) is 0.0256. The van der Waals surface area contributed by atoms with Gasteiger partial charge in [-0.15, -0.1) is 0 Å². The number of unbranched alkanes of at least 4 members (excludes halogenated alkanes) is 44. The van der Waals surface area contributed by atoms with Gasteiger partial charge in [0.15, 0.2) is 0 Å². The molecule has 14 heteroatoms. The zero-order valence-corrected chi connectivity index (χ0v) is 72.8. The van der Waals surface area contributed by atoms with Crippen molar-refractivity contribution < 1.29 is 47.7 Å². The number of ether oxygens (including phenoxy) is 4. The van der Waals surface area contributed by atoms with Gasteiger partial charge in [-0.3, -0.25) is 28.8 Å². The van der Waals surface area contributed by atoms with E-state index in [2.05, 4.69) is 75.8 Å². The molecule has 0 aliphatic carbocycles. The van der Waals surface area contributed by atoms with Crippen LogP contribution in [0.2, 0.25) is 0 Å².